The molecule has 1 N–H and O–H groups in total. The maximum Gasteiger partial charge on any atom is 0.194 e. The Morgan fingerprint density at radius 3 is 2.43 bits per heavy atom. The standard InChI is InChI=1S/C15H12F3N3/c1-21-13-5-3-2-4-12(13)20-14(21)8-19-9-6-10(16)15(18)11(17)7-9/h2-7,19H,8H2,1H3. The van der Waals surface area contributed by atoms with Crippen molar-refractivity contribution in [1.29, 1.82) is 0 Å². The van der Waals surface area contributed by atoms with Gasteiger partial charge in [0, 0.05) is 24.9 Å². The number of nitrogens with zero attached hydrogens (tertiary/aromatic N) is 2. The summed E-state index contributed by atoms with van der Waals surface area (Å²) in [5, 5.41) is 2.84. The average Bonchev–Trinajstić information content (AvgIpc) is 2.79. The molecule has 6 heteroatoms. The zero-order valence-corrected chi connectivity index (χ0v) is 11.2. The third-order valence-corrected chi connectivity index (χ3v) is 3.31. The number of halogens is 3. The Labute approximate surface area is 119 Å². The normalized spacial score (nSPS) is 11.0. The first-order valence-corrected chi connectivity index (χ1v) is 6.35. The maximum atomic E-state index is 13.1. The molecule has 3 aromatic rings. The van der Waals surface area contributed by atoms with Crippen molar-refractivity contribution in [2.75, 3.05) is 5.32 Å². The van der Waals surface area contributed by atoms with Crippen LogP contribution < -0.4 is 5.32 Å². The van der Waals surface area contributed by atoms with Gasteiger partial charge in [-0.2, -0.15) is 0 Å². The number of anilines is 1. The zero-order chi connectivity index (χ0) is 15.0. The SMILES string of the molecule is Cn1c(CNc2cc(F)c(F)c(F)c2)nc2ccccc21. The van der Waals surface area contributed by atoms with Gasteiger partial charge in [-0.05, 0) is 12.1 Å². The highest BCUT2D eigenvalue weighted by Crippen LogP contribution is 2.19. The number of fused-ring (bicyclic) bond motifs is 1. The van der Waals surface area contributed by atoms with Gasteiger partial charge < -0.3 is 9.88 Å². The largest absolute Gasteiger partial charge is 0.378 e. The molecule has 0 fully saturated rings. The van der Waals surface area contributed by atoms with E-state index < -0.39 is 17.5 Å². The van der Waals surface area contributed by atoms with Gasteiger partial charge in [-0.25, -0.2) is 18.2 Å². The molecule has 108 valence electrons. The Kier molecular flexibility index (Phi) is 3.29. The molecule has 0 aliphatic rings. The van der Waals surface area contributed by atoms with Crippen molar-refractivity contribution in [1.82, 2.24) is 9.55 Å². The van der Waals surface area contributed by atoms with Gasteiger partial charge in [-0.3, -0.25) is 0 Å². The van der Waals surface area contributed by atoms with E-state index in [0.717, 1.165) is 23.2 Å². The lowest BCUT2D eigenvalue weighted by atomic mass is 10.3. The van der Waals surface area contributed by atoms with Crippen LogP contribution in [0.1, 0.15) is 5.82 Å². The average molecular weight is 291 g/mol. The molecule has 0 unspecified atom stereocenters. The quantitative estimate of drug-likeness (QED) is 0.747. The van der Waals surface area contributed by atoms with E-state index in [4.69, 9.17) is 0 Å². The predicted molar refractivity (Wildman–Crippen MR) is 74.4 cm³/mol. The summed E-state index contributed by atoms with van der Waals surface area (Å²) in [7, 11) is 1.86. The summed E-state index contributed by atoms with van der Waals surface area (Å²) >= 11 is 0. The van der Waals surface area contributed by atoms with E-state index in [1.54, 1.807) is 0 Å². The third-order valence-electron chi connectivity index (χ3n) is 3.31. The molecule has 1 heterocycles. The molecule has 3 rings (SSSR count). The highest BCUT2D eigenvalue weighted by atomic mass is 19.2. The van der Waals surface area contributed by atoms with E-state index in [0.29, 0.717) is 5.82 Å². The molecule has 0 atom stereocenters. The number of benzene rings is 2. The lowest BCUT2D eigenvalue weighted by Crippen LogP contribution is -2.07. The lowest BCUT2D eigenvalue weighted by Gasteiger charge is -2.07. The topological polar surface area (TPSA) is 29.9 Å². The summed E-state index contributed by atoms with van der Waals surface area (Å²) in [5.41, 5.74) is 1.97. The molecule has 21 heavy (non-hydrogen) atoms. The van der Waals surface area contributed by atoms with E-state index in [2.05, 4.69) is 10.3 Å². The number of rotatable bonds is 3. The van der Waals surface area contributed by atoms with Crippen molar-refractivity contribution in [2.45, 2.75) is 6.54 Å². The number of nitrogens with one attached hydrogen (secondary N) is 1. The van der Waals surface area contributed by atoms with Crippen molar-refractivity contribution in [3.63, 3.8) is 0 Å². The first-order valence-electron chi connectivity index (χ1n) is 6.35. The van der Waals surface area contributed by atoms with Crippen molar-refractivity contribution in [3.8, 4) is 0 Å². The van der Waals surface area contributed by atoms with E-state index in [1.165, 1.54) is 0 Å². The van der Waals surface area contributed by atoms with Crippen LogP contribution in [-0.2, 0) is 13.6 Å². The van der Waals surface area contributed by atoms with Gasteiger partial charge in [0.2, 0.25) is 0 Å². The third kappa shape index (κ3) is 2.44. The van der Waals surface area contributed by atoms with Crippen LogP contribution in [0.2, 0.25) is 0 Å². The van der Waals surface area contributed by atoms with Gasteiger partial charge in [0.1, 0.15) is 5.82 Å². The van der Waals surface area contributed by atoms with Crippen molar-refractivity contribution in [2.24, 2.45) is 7.05 Å². The number of imidazole rings is 1. The first kappa shape index (κ1) is 13.5. The molecular weight excluding hydrogens is 279 g/mol. The van der Waals surface area contributed by atoms with E-state index in [1.807, 2.05) is 35.9 Å². The highest BCUT2D eigenvalue weighted by Gasteiger charge is 2.11. The number of para-hydroxylation sites is 2. The molecule has 0 radical (unpaired) electrons. The monoisotopic (exact) mass is 291 g/mol. The molecular formula is C15H12F3N3. The molecule has 2 aromatic carbocycles. The van der Waals surface area contributed by atoms with Crippen LogP contribution in [0.4, 0.5) is 18.9 Å². The van der Waals surface area contributed by atoms with Crippen LogP contribution in [0, 0.1) is 17.5 Å². The summed E-state index contributed by atoms with van der Waals surface area (Å²) in [6.45, 7) is 0.274. The van der Waals surface area contributed by atoms with Crippen LogP contribution in [0.3, 0.4) is 0 Å². The molecule has 0 aliphatic heterocycles. The van der Waals surface area contributed by atoms with Gasteiger partial charge >= 0.3 is 0 Å². The fourth-order valence-corrected chi connectivity index (χ4v) is 2.19. The Morgan fingerprint density at radius 2 is 1.76 bits per heavy atom. The van der Waals surface area contributed by atoms with Gasteiger partial charge in [0.15, 0.2) is 17.5 Å². The minimum atomic E-state index is -1.47. The molecule has 0 spiro atoms. The number of hydrogen-bond acceptors (Lipinski definition) is 2. The second kappa shape index (κ2) is 5.12. The second-order valence-corrected chi connectivity index (χ2v) is 4.68. The Bertz CT molecular complexity index is 788. The molecule has 1 aromatic heterocycles. The van der Waals surface area contributed by atoms with E-state index in [-0.39, 0.29) is 12.2 Å². The van der Waals surface area contributed by atoms with Crippen molar-refractivity contribution < 1.29 is 13.2 Å². The van der Waals surface area contributed by atoms with E-state index >= 15 is 0 Å². The summed E-state index contributed by atoms with van der Waals surface area (Å²) in [4.78, 5) is 4.43. The fourth-order valence-electron chi connectivity index (χ4n) is 2.19. The van der Waals surface area contributed by atoms with Crippen molar-refractivity contribution >= 4 is 16.7 Å². The molecule has 0 amide bonds. The molecule has 3 nitrogen and oxygen atoms in total. The maximum absolute atomic E-state index is 13.1. The fraction of sp³-hybridized carbons (Fsp3) is 0.133. The second-order valence-electron chi connectivity index (χ2n) is 4.68. The van der Waals surface area contributed by atoms with Gasteiger partial charge in [0.05, 0.1) is 17.6 Å². The Hall–Kier alpha value is -2.50. The van der Waals surface area contributed by atoms with E-state index in [9.17, 15) is 13.2 Å². The zero-order valence-electron chi connectivity index (χ0n) is 11.2. The number of aromatic nitrogens is 2. The van der Waals surface area contributed by atoms with Gasteiger partial charge in [-0.15, -0.1) is 0 Å². The summed E-state index contributed by atoms with van der Waals surface area (Å²) < 4.78 is 41.0. The summed E-state index contributed by atoms with van der Waals surface area (Å²) in [5.74, 6) is -3.20. The smallest absolute Gasteiger partial charge is 0.194 e. The van der Waals surface area contributed by atoms with Crippen LogP contribution >= 0.6 is 0 Å². The van der Waals surface area contributed by atoms with Crippen molar-refractivity contribution in [3.05, 3.63) is 59.7 Å². The number of hydrogen-bond donors (Lipinski definition) is 1. The van der Waals surface area contributed by atoms with Crippen LogP contribution in [0.5, 0.6) is 0 Å². The lowest BCUT2D eigenvalue weighted by molar-refractivity contribution is 0.447. The molecule has 0 saturated heterocycles. The highest BCUT2D eigenvalue weighted by molar-refractivity contribution is 5.75. The first-order chi connectivity index (χ1) is 10.1. The summed E-state index contributed by atoms with van der Waals surface area (Å²) in [6, 6.07) is 9.45. The molecule has 0 bridgehead atoms. The van der Waals surface area contributed by atoms with Gasteiger partial charge in [0.25, 0.3) is 0 Å². The minimum absolute atomic E-state index is 0.165. The predicted octanol–water partition coefficient (Wildman–Crippen LogP) is 3.60. The molecule has 0 aliphatic carbocycles. The molecule has 0 saturated carbocycles. The number of aryl methyl sites for hydroxylation is 1. The van der Waals surface area contributed by atoms with Crippen LogP contribution in [-0.4, -0.2) is 9.55 Å². The van der Waals surface area contributed by atoms with Crippen LogP contribution in [0.15, 0.2) is 36.4 Å². The minimum Gasteiger partial charge on any atom is -0.378 e. The Morgan fingerprint density at radius 1 is 1.10 bits per heavy atom. The summed E-state index contributed by atoms with van der Waals surface area (Å²) in [6.07, 6.45) is 0. The Balaban J connectivity index is 1.85. The van der Waals surface area contributed by atoms with Crippen LogP contribution in [0.25, 0.3) is 11.0 Å². The van der Waals surface area contributed by atoms with Gasteiger partial charge in [-0.1, -0.05) is 12.1 Å².